The van der Waals surface area contributed by atoms with Gasteiger partial charge in [0.1, 0.15) is 23.8 Å². The summed E-state index contributed by atoms with van der Waals surface area (Å²) in [6.07, 6.45) is 3.33. The van der Waals surface area contributed by atoms with E-state index >= 15 is 0 Å². The van der Waals surface area contributed by atoms with E-state index in [0.29, 0.717) is 30.9 Å². The number of likely N-dealkylation sites (tertiary alicyclic amines) is 1. The molecule has 6 rings (SSSR count). The first-order chi connectivity index (χ1) is 18.9. The second kappa shape index (κ2) is 10.6. The maximum atomic E-state index is 12.5. The molecule has 0 unspecified atom stereocenters. The lowest BCUT2D eigenvalue weighted by Gasteiger charge is -2.33. The SMILES string of the molecule is Nc1nc(C#CCC2CCN(C(=O)OC3CCC3)CC2)nc2c1ncn2[C@@H]1O[C@H](C(=O)NC2CC2)[C@@H](O)[C@@H]1O. The van der Waals surface area contributed by atoms with Crippen LogP contribution in [0.4, 0.5) is 10.6 Å². The van der Waals surface area contributed by atoms with E-state index < -0.39 is 30.4 Å². The summed E-state index contributed by atoms with van der Waals surface area (Å²) in [7, 11) is 0. The molecule has 0 aromatic carbocycles. The fraction of sp³-hybridized carbons (Fsp3) is 0.654. The standard InChI is InChI=1S/C26H33N7O6/c27-22-18-23(33(13-28-18)25-20(35)19(34)21(39-25)24(36)29-15-7-8-15)31-17(30-22)6-1-3-14-9-11-32(12-10-14)26(37)38-16-4-2-5-16/h13-16,19-21,25,34-35H,2-5,7-12H2,(H,29,36)(H2,27,30,31)/t19-,20-,21-,25+/m0/s1. The molecule has 4 aliphatic rings. The molecule has 2 aromatic heterocycles. The number of nitrogens with one attached hydrogen (secondary N) is 1. The first-order valence-electron chi connectivity index (χ1n) is 13.6. The monoisotopic (exact) mass is 539 g/mol. The van der Waals surface area contributed by atoms with Crippen LogP contribution in [-0.2, 0) is 14.3 Å². The molecule has 2 aliphatic heterocycles. The molecule has 2 amide bonds. The molecule has 2 aliphatic carbocycles. The van der Waals surface area contributed by atoms with Crippen LogP contribution in [-0.4, -0.2) is 90.2 Å². The number of anilines is 1. The van der Waals surface area contributed by atoms with E-state index in [2.05, 4.69) is 32.1 Å². The van der Waals surface area contributed by atoms with Crippen molar-refractivity contribution in [2.75, 3.05) is 18.8 Å². The molecule has 2 aromatic rings. The smallest absolute Gasteiger partial charge is 0.410 e. The molecule has 0 radical (unpaired) electrons. The number of fused-ring (bicyclic) bond motifs is 1. The molecule has 0 spiro atoms. The highest BCUT2D eigenvalue weighted by Crippen LogP contribution is 2.33. The van der Waals surface area contributed by atoms with Crippen LogP contribution in [0.25, 0.3) is 11.2 Å². The second-order valence-corrected chi connectivity index (χ2v) is 10.8. The minimum atomic E-state index is -1.41. The Labute approximate surface area is 225 Å². The summed E-state index contributed by atoms with van der Waals surface area (Å²) in [5, 5.41) is 23.9. The van der Waals surface area contributed by atoms with Crippen molar-refractivity contribution in [2.24, 2.45) is 5.92 Å². The van der Waals surface area contributed by atoms with Gasteiger partial charge in [0.15, 0.2) is 23.8 Å². The molecule has 4 heterocycles. The highest BCUT2D eigenvalue weighted by Gasteiger charge is 2.48. The zero-order chi connectivity index (χ0) is 27.1. The predicted octanol–water partition coefficient (Wildman–Crippen LogP) is 0.449. The van der Waals surface area contributed by atoms with Crippen LogP contribution < -0.4 is 11.1 Å². The highest BCUT2D eigenvalue weighted by molar-refractivity contribution is 5.83. The fourth-order valence-electron chi connectivity index (χ4n) is 5.10. The third kappa shape index (κ3) is 5.36. The van der Waals surface area contributed by atoms with Gasteiger partial charge in [-0.25, -0.2) is 19.7 Å². The number of amides is 2. The van der Waals surface area contributed by atoms with Gasteiger partial charge in [0.25, 0.3) is 5.91 Å². The van der Waals surface area contributed by atoms with E-state index in [1.54, 1.807) is 4.90 Å². The van der Waals surface area contributed by atoms with Crippen molar-refractivity contribution >= 4 is 29.0 Å². The van der Waals surface area contributed by atoms with Gasteiger partial charge in [-0.15, -0.1) is 0 Å². The van der Waals surface area contributed by atoms with Crippen molar-refractivity contribution in [1.82, 2.24) is 29.7 Å². The van der Waals surface area contributed by atoms with E-state index in [9.17, 15) is 19.8 Å². The molecule has 0 bridgehead atoms. The molecule has 2 saturated carbocycles. The molecule has 4 atom stereocenters. The van der Waals surface area contributed by atoms with Crippen LogP contribution in [0.15, 0.2) is 6.33 Å². The fourth-order valence-corrected chi connectivity index (χ4v) is 5.10. The number of hydrogen-bond donors (Lipinski definition) is 4. The van der Waals surface area contributed by atoms with E-state index in [1.165, 1.54) is 10.9 Å². The van der Waals surface area contributed by atoms with Crippen LogP contribution in [0.5, 0.6) is 0 Å². The normalized spacial score (nSPS) is 27.6. The third-order valence-electron chi connectivity index (χ3n) is 7.93. The van der Waals surface area contributed by atoms with Crippen LogP contribution >= 0.6 is 0 Å². The first kappa shape index (κ1) is 25.8. The number of imidazole rings is 1. The van der Waals surface area contributed by atoms with Gasteiger partial charge >= 0.3 is 6.09 Å². The van der Waals surface area contributed by atoms with E-state index in [-0.39, 0.29) is 35.5 Å². The minimum Gasteiger partial charge on any atom is -0.446 e. The number of ether oxygens (including phenoxy) is 2. The zero-order valence-electron chi connectivity index (χ0n) is 21.5. The molecule has 39 heavy (non-hydrogen) atoms. The molecule has 13 heteroatoms. The minimum absolute atomic E-state index is 0.0870. The Kier molecular flexibility index (Phi) is 7.01. The van der Waals surface area contributed by atoms with Gasteiger partial charge in [-0.3, -0.25) is 9.36 Å². The number of aliphatic hydroxyl groups is 2. The number of carbonyl (C=O) groups is 2. The van der Waals surface area contributed by atoms with Crippen molar-refractivity contribution in [3.8, 4) is 11.8 Å². The van der Waals surface area contributed by atoms with E-state index in [1.807, 2.05) is 0 Å². The summed E-state index contributed by atoms with van der Waals surface area (Å²) in [5.74, 6) is 6.30. The summed E-state index contributed by atoms with van der Waals surface area (Å²) in [5.41, 5.74) is 6.70. The number of nitrogen functional groups attached to an aromatic ring is 1. The van der Waals surface area contributed by atoms with Crippen molar-refractivity contribution < 1.29 is 29.3 Å². The van der Waals surface area contributed by atoms with Crippen molar-refractivity contribution in [3.63, 3.8) is 0 Å². The summed E-state index contributed by atoms with van der Waals surface area (Å²) in [4.78, 5) is 39.5. The highest BCUT2D eigenvalue weighted by atomic mass is 16.6. The lowest BCUT2D eigenvalue weighted by molar-refractivity contribution is -0.137. The maximum Gasteiger partial charge on any atom is 0.410 e. The summed E-state index contributed by atoms with van der Waals surface area (Å²) < 4.78 is 12.7. The maximum absolute atomic E-state index is 12.5. The van der Waals surface area contributed by atoms with Gasteiger partial charge in [-0.05, 0) is 56.8 Å². The third-order valence-corrected chi connectivity index (χ3v) is 7.93. The van der Waals surface area contributed by atoms with Crippen LogP contribution in [0.1, 0.15) is 63.4 Å². The number of hydrogen-bond acceptors (Lipinski definition) is 10. The van der Waals surface area contributed by atoms with Gasteiger partial charge < -0.3 is 35.6 Å². The van der Waals surface area contributed by atoms with Crippen molar-refractivity contribution in [3.05, 3.63) is 12.2 Å². The molecule has 4 fully saturated rings. The molecule has 13 nitrogen and oxygen atoms in total. The topological polar surface area (TPSA) is 178 Å². The summed E-state index contributed by atoms with van der Waals surface area (Å²) in [6, 6.07) is 0.0910. The number of nitrogens with zero attached hydrogens (tertiary/aromatic N) is 5. The average Bonchev–Trinajstić information content (AvgIpc) is 3.53. The quantitative estimate of drug-likeness (QED) is 0.390. The van der Waals surface area contributed by atoms with Crippen LogP contribution in [0.3, 0.4) is 0 Å². The van der Waals surface area contributed by atoms with Gasteiger partial charge in [0.2, 0.25) is 5.82 Å². The number of piperidine rings is 1. The van der Waals surface area contributed by atoms with E-state index in [4.69, 9.17) is 15.2 Å². The Morgan fingerprint density at radius 2 is 1.90 bits per heavy atom. The Morgan fingerprint density at radius 1 is 1.13 bits per heavy atom. The largest absolute Gasteiger partial charge is 0.446 e. The molecule has 2 saturated heterocycles. The van der Waals surface area contributed by atoms with E-state index in [0.717, 1.165) is 44.9 Å². The molecular formula is C26H33N7O6. The molecular weight excluding hydrogens is 506 g/mol. The van der Waals surface area contributed by atoms with Crippen LogP contribution in [0, 0.1) is 17.8 Å². The number of aromatic nitrogens is 4. The van der Waals surface area contributed by atoms with Gasteiger partial charge in [0, 0.05) is 25.6 Å². The Bertz CT molecular complexity index is 1310. The average molecular weight is 540 g/mol. The zero-order valence-corrected chi connectivity index (χ0v) is 21.5. The van der Waals surface area contributed by atoms with Gasteiger partial charge in [-0.2, -0.15) is 0 Å². The number of carbonyl (C=O) groups excluding carboxylic acids is 2. The lowest BCUT2D eigenvalue weighted by Crippen LogP contribution is -2.43. The van der Waals surface area contributed by atoms with Crippen LogP contribution in [0.2, 0.25) is 0 Å². The Morgan fingerprint density at radius 3 is 2.59 bits per heavy atom. The second-order valence-electron chi connectivity index (χ2n) is 10.8. The Balaban J connectivity index is 1.10. The predicted molar refractivity (Wildman–Crippen MR) is 137 cm³/mol. The molecule has 208 valence electrons. The Hall–Kier alpha value is -3.47. The summed E-state index contributed by atoms with van der Waals surface area (Å²) >= 11 is 0. The number of rotatable bonds is 5. The first-order valence-corrected chi connectivity index (χ1v) is 13.6. The lowest BCUT2D eigenvalue weighted by atomic mass is 9.94. The van der Waals surface area contributed by atoms with Gasteiger partial charge in [-0.1, -0.05) is 5.92 Å². The number of nitrogens with two attached hydrogens (primary N) is 1. The number of aliphatic hydroxyl groups excluding tert-OH is 2. The van der Waals surface area contributed by atoms with Crippen molar-refractivity contribution in [1.29, 1.82) is 0 Å². The van der Waals surface area contributed by atoms with Crippen molar-refractivity contribution in [2.45, 2.75) is 88.1 Å². The molecule has 5 N–H and O–H groups in total. The summed E-state index contributed by atoms with van der Waals surface area (Å²) in [6.45, 7) is 1.31. The van der Waals surface area contributed by atoms with Gasteiger partial charge in [0.05, 0.1) is 6.33 Å².